The molecule has 0 spiro atoms. The topological polar surface area (TPSA) is 79.4 Å². The standard InChI is InChI=1S/C25H22N4O2/c1-2-31-23-9-4-3-6-18(23)15-26-29-25(30)22-14-21(27-28-22)19-13-12-17-11-10-16-7-5-8-20(19)24(16)17/h3-9,12-15H,2,10-11H2,1H3,(H,27,28)(H,29,30)/b26-15-. The van der Waals surface area contributed by atoms with E-state index in [1.165, 1.54) is 21.9 Å². The van der Waals surface area contributed by atoms with Crippen LogP contribution in [0.3, 0.4) is 0 Å². The molecule has 1 aliphatic rings. The molecule has 154 valence electrons. The third-order valence-corrected chi connectivity index (χ3v) is 5.56. The van der Waals surface area contributed by atoms with E-state index < -0.39 is 0 Å². The van der Waals surface area contributed by atoms with E-state index in [4.69, 9.17) is 4.74 Å². The van der Waals surface area contributed by atoms with Crippen LogP contribution in [-0.2, 0) is 12.8 Å². The Morgan fingerprint density at radius 3 is 2.84 bits per heavy atom. The number of H-pyrrole nitrogens is 1. The number of benzene rings is 3. The largest absolute Gasteiger partial charge is 0.493 e. The molecule has 6 nitrogen and oxygen atoms in total. The van der Waals surface area contributed by atoms with Gasteiger partial charge in [-0.2, -0.15) is 10.2 Å². The minimum atomic E-state index is -0.352. The van der Waals surface area contributed by atoms with Crippen LogP contribution in [0.4, 0.5) is 0 Å². The van der Waals surface area contributed by atoms with Gasteiger partial charge in [0.25, 0.3) is 5.91 Å². The molecule has 0 unspecified atom stereocenters. The number of ether oxygens (including phenoxy) is 1. The number of hydrazone groups is 1. The van der Waals surface area contributed by atoms with Crippen molar-refractivity contribution in [1.82, 2.24) is 15.6 Å². The number of nitrogens with one attached hydrogen (secondary N) is 2. The highest BCUT2D eigenvalue weighted by atomic mass is 16.5. The van der Waals surface area contributed by atoms with Crippen LogP contribution in [0, 0.1) is 0 Å². The van der Waals surface area contributed by atoms with Gasteiger partial charge in [-0.25, -0.2) is 5.43 Å². The molecule has 1 aromatic heterocycles. The normalized spacial score (nSPS) is 12.5. The Bertz CT molecular complexity index is 1300. The zero-order chi connectivity index (χ0) is 21.2. The predicted octanol–water partition coefficient (Wildman–Crippen LogP) is 4.49. The molecule has 1 heterocycles. The smallest absolute Gasteiger partial charge is 0.289 e. The van der Waals surface area contributed by atoms with E-state index in [1.807, 2.05) is 31.2 Å². The summed E-state index contributed by atoms with van der Waals surface area (Å²) in [6.07, 6.45) is 3.73. The third-order valence-electron chi connectivity index (χ3n) is 5.56. The summed E-state index contributed by atoms with van der Waals surface area (Å²) < 4.78 is 5.57. The number of hydrogen-bond donors (Lipinski definition) is 2. The fourth-order valence-electron chi connectivity index (χ4n) is 4.14. The zero-order valence-corrected chi connectivity index (χ0v) is 17.2. The Kier molecular flexibility index (Phi) is 4.96. The second-order valence-corrected chi connectivity index (χ2v) is 7.45. The molecule has 6 heteroatoms. The first kappa shape index (κ1) is 19.1. The van der Waals surface area contributed by atoms with E-state index in [2.05, 4.69) is 51.1 Å². The van der Waals surface area contributed by atoms with Gasteiger partial charge in [-0.3, -0.25) is 9.89 Å². The van der Waals surface area contributed by atoms with Crippen molar-refractivity contribution in [2.45, 2.75) is 19.8 Å². The highest BCUT2D eigenvalue weighted by Gasteiger charge is 2.18. The minimum absolute atomic E-state index is 0.352. The number of para-hydroxylation sites is 1. The van der Waals surface area contributed by atoms with E-state index in [1.54, 1.807) is 12.3 Å². The lowest BCUT2D eigenvalue weighted by Gasteiger charge is -2.06. The molecule has 3 aromatic carbocycles. The minimum Gasteiger partial charge on any atom is -0.493 e. The Hall–Kier alpha value is -3.93. The number of amides is 1. The predicted molar refractivity (Wildman–Crippen MR) is 122 cm³/mol. The van der Waals surface area contributed by atoms with E-state index in [9.17, 15) is 4.79 Å². The summed E-state index contributed by atoms with van der Waals surface area (Å²) in [4.78, 5) is 12.5. The SMILES string of the molecule is CCOc1ccccc1/C=N\NC(=O)c1cc(-c2ccc3c4c(cccc24)CC3)n[nH]1. The second-order valence-electron chi connectivity index (χ2n) is 7.45. The van der Waals surface area contributed by atoms with Gasteiger partial charge in [0.1, 0.15) is 11.4 Å². The lowest BCUT2D eigenvalue weighted by molar-refractivity contribution is 0.0950. The molecular formula is C25H22N4O2. The molecule has 0 fully saturated rings. The number of carbonyl (C=O) groups excluding carboxylic acids is 1. The van der Waals surface area contributed by atoms with E-state index in [0.717, 1.165) is 35.4 Å². The highest BCUT2D eigenvalue weighted by Crippen LogP contribution is 2.36. The fraction of sp³-hybridized carbons (Fsp3) is 0.160. The van der Waals surface area contributed by atoms with Crippen molar-refractivity contribution in [3.05, 3.63) is 83.0 Å². The van der Waals surface area contributed by atoms with Gasteiger partial charge in [-0.05, 0) is 59.9 Å². The summed E-state index contributed by atoms with van der Waals surface area (Å²) in [6, 6.07) is 20.0. The molecule has 0 aliphatic heterocycles. The van der Waals surface area contributed by atoms with Gasteiger partial charge in [0.15, 0.2) is 0 Å². The molecule has 0 radical (unpaired) electrons. The first-order valence-corrected chi connectivity index (χ1v) is 10.4. The van der Waals surface area contributed by atoms with E-state index in [0.29, 0.717) is 12.3 Å². The summed E-state index contributed by atoms with van der Waals surface area (Å²) in [6.45, 7) is 2.48. The van der Waals surface area contributed by atoms with Crippen LogP contribution >= 0.6 is 0 Å². The number of hydrogen-bond acceptors (Lipinski definition) is 4. The number of rotatable bonds is 6. The Balaban J connectivity index is 1.36. The van der Waals surface area contributed by atoms with Crippen molar-refractivity contribution in [1.29, 1.82) is 0 Å². The zero-order valence-electron chi connectivity index (χ0n) is 17.2. The Labute approximate surface area is 179 Å². The first-order valence-electron chi connectivity index (χ1n) is 10.4. The van der Waals surface area contributed by atoms with Gasteiger partial charge in [-0.15, -0.1) is 0 Å². The van der Waals surface area contributed by atoms with Gasteiger partial charge in [0, 0.05) is 11.1 Å². The van der Waals surface area contributed by atoms with Crippen LogP contribution in [0.2, 0.25) is 0 Å². The van der Waals surface area contributed by atoms with Crippen molar-refractivity contribution in [2.75, 3.05) is 6.61 Å². The maximum atomic E-state index is 12.5. The third kappa shape index (κ3) is 3.57. The lowest BCUT2D eigenvalue weighted by atomic mass is 9.98. The second kappa shape index (κ2) is 8.07. The maximum Gasteiger partial charge on any atom is 0.289 e. The molecule has 31 heavy (non-hydrogen) atoms. The van der Waals surface area contributed by atoms with Gasteiger partial charge < -0.3 is 4.74 Å². The number of aryl methyl sites for hydroxylation is 2. The monoisotopic (exact) mass is 410 g/mol. The van der Waals surface area contributed by atoms with Crippen LogP contribution in [-0.4, -0.2) is 28.9 Å². The molecule has 1 amide bonds. The van der Waals surface area contributed by atoms with Crippen LogP contribution in [0.1, 0.15) is 34.1 Å². The molecule has 0 bridgehead atoms. The van der Waals surface area contributed by atoms with Gasteiger partial charge in [0.2, 0.25) is 0 Å². The summed E-state index contributed by atoms with van der Waals surface area (Å²) in [5.74, 6) is 0.369. The number of aromatic nitrogens is 2. The molecule has 0 saturated carbocycles. The lowest BCUT2D eigenvalue weighted by Crippen LogP contribution is -2.18. The van der Waals surface area contributed by atoms with Crippen molar-refractivity contribution in [3.8, 4) is 17.0 Å². The van der Waals surface area contributed by atoms with Crippen molar-refractivity contribution in [2.24, 2.45) is 5.10 Å². The summed E-state index contributed by atoms with van der Waals surface area (Å²) >= 11 is 0. The van der Waals surface area contributed by atoms with Gasteiger partial charge in [0.05, 0.1) is 18.5 Å². The van der Waals surface area contributed by atoms with Crippen LogP contribution in [0.25, 0.3) is 22.0 Å². The molecule has 2 N–H and O–H groups in total. The summed E-state index contributed by atoms with van der Waals surface area (Å²) in [5.41, 5.74) is 8.22. The van der Waals surface area contributed by atoms with Crippen LogP contribution in [0.15, 0.2) is 65.8 Å². The van der Waals surface area contributed by atoms with Crippen LogP contribution < -0.4 is 10.2 Å². The summed E-state index contributed by atoms with van der Waals surface area (Å²) in [5, 5.41) is 13.8. The quantitative estimate of drug-likeness (QED) is 0.363. The van der Waals surface area contributed by atoms with Crippen LogP contribution in [0.5, 0.6) is 5.75 Å². The molecule has 0 atom stereocenters. The average molecular weight is 410 g/mol. The number of aromatic amines is 1. The molecule has 0 saturated heterocycles. The number of nitrogens with zero attached hydrogens (tertiary/aromatic N) is 2. The van der Waals surface area contributed by atoms with E-state index in [-0.39, 0.29) is 5.91 Å². The van der Waals surface area contributed by atoms with Crippen molar-refractivity contribution in [3.63, 3.8) is 0 Å². The van der Waals surface area contributed by atoms with Crippen molar-refractivity contribution < 1.29 is 9.53 Å². The maximum absolute atomic E-state index is 12.5. The molecular weight excluding hydrogens is 388 g/mol. The Morgan fingerprint density at radius 2 is 1.97 bits per heavy atom. The van der Waals surface area contributed by atoms with Gasteiger partial charge >= 0.3 is 0 Å². The molecule has 1 aliphatic carbocycles. The fourth-order valence-corrected chi connectivity index (χ4v) is 4.14. The first-order chi connectivity index (χ1) is 15.2. The van der Waals surface area contributed by atoms with Gasteiger partial charge in [-0.1, -0.05) is 42.5 Å². The molecule has 4 aromatic rings. The highest BCUT2D eigenvalue weighted by molar-refractivity contribution is 6.02. The average Bonchev–Trinajstić information content (AvgIpc) is 3.44. The number of carbonyl (C=O) groups is 1. The summed E-state index contributed by atoms with van der Waals surface area (Å²) in [7, 11) is 0. The Morgan fingerprint density at radius 1 is 1.13 bits per heavy atom. The van der Waals surface area contributed by atoms with Crippen molar-refractivity contribution >= 4 is 22.9 Å². The van der Waals surface area contributed by atoms with E-state index >= 15 is 0 Å². The molecule has 5 rings (SSSR count).